The Kier molecular flexibility index (Phi) is 8.36. The van der Waals surface area contributed by atoms with E-state index in [1.54, 1.807) is 60.7 Å². The van der Waals surface area contributed by atoms with Gasteiger partial charge in [-0.25, -0.2) is 0 Å². The Bertz CT molecular complexity index is 1070. The van der Waals surface area contributed by atoms with Gasteiger partial charge < -0.3 is 24.5 Å². The molecule has 0 aliphatic rings. The van der Waals surface area contributed by atoms with Crippen molar-refractivity contribution in [2.75, 3.05) is 30.5 Å². The molecule has 0 saturated carbocycles. The number of amides is 2. The summed E-state index contributed by atoms with van der Waals surface area (Å²) in [6.45, 7) is 3.40. The average molecular weight is 454 g/mol. The van der Waals surface area contributed by atoms with E-state index in [9.17, 15) is 9.59 Å². The van der Waals surface area contributed by atoms with Gasteiger partial charge in [0.15, 0.2) is 10.9 Å². The predicted octanol–water partition coefficient (Wildman–Crippen LogP) is 4.07. The van der Waals surface area contributed by atoms with Crippen LogP contribution in [0.5, 0.6) is 5.75 Å². The first-order valence-electron chi connectivity index (χ1n) is 9.93. The van der Waals surface area contributed by atoms with Crippen LogP contribution in [-0.2, 0) is 4.74 Å². The first kappa shape index (κ1) is 23.0. The SMILES string of the molecule is CCOCCOc1cccc(C(=O)NC(=S)Nc2cccc(NC(=O)c3ccco3)c2)c1. The first-order chi connectivity index (χ1) is 15.5. The van der Waals surface area contributed by atoms with Gasteiger partial charge in [0.1, 0.15) is 12.4 Å². The van der Waals surface area contributed by atoms with Gasteiger partial charge in [0, 0.05) is 23.5 Å². The summed E-state index contributed by atoms with van der Waals surface area (Å²) in [5.74, 6) is 0.0258. The van der Waals surface area contributed by atoms with E-state index in [1.807, 2.05) is 6.92 Å². The fourth-order valence-corrected chi connectivity index (χ4v) is 2.91. The topological polar surface area (TPSA) is 102 Å². The van der Waals surface area contributed by atoms with Gasteiger partial charge in [-0.05, 0) is 67.7 Å². The van der Waals surface area contributed by atoms with Gasteiger partial charge in [-0.15, -0.1) is 0 Å². The van der Waals surface area contributed by atoms with E-state index < -0.39 is 0 Å². The lowest BCUT2D eigenvalue weighted by Gasteiger charge is -2.12. The van der Waals surface area contributed by atoms with Crippen molar-refractivity contribution in [3.8, 4) is 5.75 Å². The van der Waals surface area contributed by atoms with Crippen LogP contribution in [0.3, 0.4) is 0 Å². The maximum absolute atomic E-state index is 12.5. The van der Waals surface area contributed by atoms with Crippen molar-refractivity contribution >= 4 is 40.5 Å². The lowest BCUT2D eigenvalue weighted by molar-refractivity contribution is 0.0973. The summed E-state index contributed by atoms with van der Waals surface area (Å²) in [4.78, 5) is 24.6. The zero-order chi connectivity index (χ0) is 22.8. The van der Waals surface area contributed by atoms with Crippen LogP contribution in [0.15, 0.2) is 71.3 Å². The molecule has 0 unspecified atom stereocenters. The molecule has 32 heavy (non-hydrogen) atoms. The highest BCUT2D eigenvalue weighted by atomic mass is 32.1. The van der Waals surface area contributed by atoms with Crippen LogP contribution >= 0.6 is 12.2 Å². The van der Waals surface area contributed by atoms with Gasteiger partial charge in [-0.2, -0.15) is 0 Å². The van der Waals surface area contributed by atoms with Crippen molar-refractivity contribution in [3.05, 3.63) is 78.3 Å². The lowest BCUT2D eigenvalue weighted by atomic mass is 10.2. The molecular formula is C23H23N3O5S. The summed E-state index contributed by atoms with van der Waals surface area (Å²) >= 11 is 5.25. The molecule has 3 rings (SSSR count). The zero-order valence-electron chi connectivity index (χ0n) is 17.4. The van der Waals surface area contributed by atoms with Crippen LogP contribution in [0.25, 0.3) is 0 Å². The fraction of sp³-hybridized carbons (Fsp3) is 0.174. The number of rotatable bonds is 9. The Labute approximate surface area is 190 Å². The number of carbonyl (C=O) groups excluding carboxylic acids is 2. The first-order valence-corrected chi connectivity index (χ1v) is 10.3. The van der Waals surface area contributed by atoms with Gasteiger partial charge >= 0.3 is 0 Å². The third-order valence-electron chi connectivity index (χ3n) is 4.15. The molecule has 0 spiro atoms. The molecule has 166 valence electrons. The minimum atomic E-state index is -0.375. The van der Waals surface area contributed by atoms with Crippen molar-refractivity contribution in [1.29, 1.82) is 0 Å². The maximum atomic E-state index is 12.5. The Morgan fingerprint density at radius 2 is 1.72 bits per heavy atom. The minimum Gasteiger partial charge on any atom is -0.491 e. The number of thiocarbonyl (C=S) groups is 1. The van der Waals surface area contributed by atoms with E-state index in [0.29, 0.717) is 42.5 Å². The number of hydrogen-bond acceptors (Lipinski definition) is 6. The maximum Gasteiger partial charge on any atom is 0.291 e. The van der Waals surface area contributed by atoms with Crippen molar-refractivity contribution in [1.82, 2.24) is 5.32 Å². The molecule has 0 radical (unpaired) electrons. The van der Waals surface area contributed by atoms with Crippen molar-refractivity contribution < 1.29 is 23.5 Å². The van der Waals surface area contributed by atoms with E-state index >= 15 is 0 Å². The average Bonchev–Trinajstić information content (AvgIpc) is 3.32. The third kappa shape index (κ3) is 6.93. The predicted molar refractivity (Wildman–Crippen MR) is 125 cm³/mol. The Morgan fingerprint density at radius 3 is 2.47 bits per heavy atom. The summed E-state index contributed by atoms with van der Waals surface area (Å²) < 4.78 is 15.9. The van der Waals surface area contributed by atoms with Crippen LogP contribution in [0.2, 0.25) is 0 Å². The summed E-state index contributed by atoms with van der Waals surface area (Å²) in [5.41, 5.74) is 1.55. The Balaban J connectivity index is 1.54. The van der Waals surface area contributed by atoms with Crippen LogP contribution in [-0.4, -0.2) is 36.7 Å². The minimum absolute atomic E-state index is 0.118. The van der Waals surface area contributed by atoms with Gasteiger partial charge in [0.05, 0.1) is 12.9 Å². The molecule has 3 aromatic rings. The summed E-state index contributed by atoms with van der Waals surface area (Å²) in [6.07, 6.45) is 1.43. The number of furan rings is 1. The molecule has 9 heteroatoms. The smallest absolute Gasteiger partial charge is 0.291 e. The molecule has 0 atom stereocenters. The lowest BCUT2D eigenvalue weighted by Crippen LogP contribution is -2.34. The Hall–Kier alpha value is -3.69. The van der Waals surface area contributed by atoms with Crippen molar-refractivity contribution in [2.24, 2.45) is 0 Å². The van der Waals surface area contributed by atoms with E-state index in [-0.39, 0.29) is 22.7 Å². The van der Waals surface area contributed by atoms with Crippen LogP contribution in [0.4, 0.5) is 11.4 Å². The molecule has 1 heterocycles. The zero-order valence-corrected chi connectivity index (χ0v) is 18.2. The molecule has 0 aliphatic carbocycles. The second-order valence-electron chi connectivity index (χ2n) is 6.49. The van der Waals surface area contributed by atoms with E-state index in [2.05, 4.69) is 16.0 Å². The molecule has 0 aliphatic heterocycles. The number of benzene rings is 2. The van der Waals surface area contributed by atoms with Gasteiger partial charge in [-0.3, -0.25) is 14.9 Å². The number of hydrogen-bond donors (Lipinski definition) is 3. The molecule has 8 nitrogen and oxygen atoms in total. The summed E-state index contributed by atoms with van der Waals surface area (Å²) in [7, 11) is 0. The third-order valence-corrected chi connectivity index (χ3v) is 4.35. The van der Waals surface area contributed by atoms with Crippen molar-refractivity contribution in [3.63, 3.8) is 0 Å². The molecule has 0 bridgehead atoms. The summed E-state index contributed by atoms with van der Waals surface area (Å²) in [6, 6.07) is 16.9. The van der Waals surface area contributed by atoms with Gasteiger partial charge in [-0.1, -0.05) is 12.1 Å². The number of nitrogens with one attached hydrogen (secondary N) is 3. The largest absolute Gasteiger partial charge is 0.491 e. The highest BCUT2D eigenvalue weighted by Gasteiger charge is 2.11. The number of anilines is 2. The van der Waals surface area contributed by atoms with E-state index in [4.69, 9.17) is 26.1 Å². The number of carbonyl (C=O) groups is 2. The molecule has 0 fully saturated rings. The monoisotopic (exact) mass is 453 g/mol. The Morgan fingerprint density at radius 1 is 0.938 bits per heavy atom. The van der Waals surface area contributed by atoms with E-state index in [1.165, 1.54) is 6.26 Å². The second-order valence-corrected chi connectivity index (χ2v) is 6.90. The standard InChI is InChI=1S/C23H23N3O5S/c1-2-29-12-13-30-19-9-3-6-16(14-19)21(27)26-23(32)25-18-8-4-7-17(15-18)24-22(28)20-10-5-11-31-20/h3-11,14-15H,2,12-13H2,1H3,(H,24,28)(H2,25,26,27,32). The van der Waals surface area contributed by atoms with Crippen LogP contribution in [0.1, 0.15) is 27.8 Å². The normalized spacial score (nSPS) is 10.3. The highest BCUT2D eigenvalue weighted by molar-refractivity contribution is 7.80. The molecule has 2 amide bonds. The molecule has 1 aromatic heterocycles. The quantitative estimate of drug-likeness (QED) is 0.332. The molecule has 3 N–H and O–H groups in total. The molecule has 0 saturated heterocycles. The second kappa shape index (κ2) is 11.6. The van der Waals surface area contributed by atoms with Gasteiger partial charge in [0.2, 0.25) is 0 Å². The van der Waals surface area contributed by atoms with E-state index in [0.717, 1.165) is 0 Å². The van der Waals surface area contributed by atoms with Crippen LogP contribution < -0.4 is 20.7 Å². The highest BCUT2D eigenvalue weighted by Crippen LogP contribution is 2.17. The molecule has 2 aromatic carbocycles. The van der Waals surface area contributed by atoms with Crippen LogP contribution in [0, 0.1) is 0 Å². The van der Waals surface area contributed by atoms with Gasteiger partial charge in [0.25, 0.3) is 11.8 Å². The van der Waals surface area contributed by atoms with Crippen molar-refractivity contribution in [2.45, 2.75) is 6.92 Å². The summed E-state index contributed by atoms with van der Waals surface area (Å²) in [5, 5.41) is 8.41. The fourth-order valence-electron chi connectivity index (χ4n) is 2.70. The number of ether oxygens (including phenoxy) is 2. The molecular weight excluding hydrogens is 430 g/mol.